The van der Waals surface area contributed by atoms with Crippen molar-refractivity contribution in [2.24, 2.45) is 0 Å². The van der Waals surface area contributed by atoms with Crippen molar-refractivity contribution < 1.29 is 48.5 Å². The standard InChI is InChI=1S/2C16H18N2O5S.Ca/c2*1-16(2)12(15(21)22)18-13(20)11(14(18)24-16)17-10(19)8-23-9-6-4-3-5-7-9;/h2*3-7,11-12,14H,8H2,1-2H3,(H,17,19)(H,21,22);/q;;+2/p-2/t11-,12+,14-;;/m1../s1. The molecule has 256 valence electrons. The van der Waals surface area contributed by atoms with Gasteiger partial charge < -0.3 is 49.7 Å². The van der Waals surface area contributed by atoms with Crippen LogP contribution in [0.4, 0.5) is 0 Å². The number of rotatable bonds is 10. The second-order valence-corrected chi connectivity index (χ2v) is 16.0. The SMILES string of the molecule is CC1(C)SC2C(NC(=O)COc3ccccc3)C(=O)N2C1C(=O)[O-].CC1(C)S[C@@H]2[C@H](NC(=O)COc3ccccc3)C(=O)N2[C@H]1C(=O)[O-].[Ca+2]. The summed E-state index contributed by atoms with van der Waals surface area (Å²) < 4.78 is 9.34. The summed E-state index contributed by atoms with van der Waals surface area (Å²) in [6.07, 6.45) is 0. The van der Waals surface area contributed by atoms with Gasteiger partial charge in [-0.15, -0.1) is 23.5 Å². The van der Waals surface area contributed by atoms with Gasteiger partial charge in [0.05, 0.1) is 24.0 Å². The molecule has 0 spiro atoms. The predicted octanol–water partition coefficient (Wildman–Crippen LogP) is -1.66. The van der Waals surface area contributed by atoms with Crippen molar-refractivity contribution in [2.45, 2.75) is 72.1 Å². The maximum Gasteiger partial charge on any atom is 2.00 e. The molecule has 17 heteroatoms. The number of fused-ring (bicyclic) bond motifs is 2. The van der Waals surface area contributed by atoms with E-state index in [-0.39, 0.29) is 51.0 Å². The molecule has 0 saturated carbocycles. The normalized spacial score (nSPS) is 26.6. The first-order valence-electron chi connectivity index (χ1n) is 15.0. The molecule has 14 nitrogen and oxygen atoms in total. The molecule has 4 amide bonds. The number of benzene rings is 2. The molecule has 0 radical (unpaired) electrons. The molecule has 4 saturated heterocycles. The van der Waals surface area contributed by atoms with Gasteiger partial charge in [-0.3, -0.25) is 19.2 Å². The minimum atomic E-state index is -1.28. The number of ether oxygens (including phenoxy) is 2. The third-order valence-corrected chi connectivity index (χ3v) is 11.3. The Morgan fingerprint density at radius 2 is 1.00 bits per heavy atom. The second-order valence-electron chi connectivity index (χ2n) is 12.5. The van der Waals surface area contributed by atoms with E-state index in [4.69, 9.17) is 9.47 Å². The van der Waals surface area contributed by atoms with Gasteiger partial charge in [-0.1, -0.05) is 36.4 Å². The number of amides is 4. The van der Waals surface area contributed by atoms with E-state index in [2.05, 4.69) is 10.6 Å². The number of carbonyl (C=O) groups excluding carboxylic acids is 6. The Bertz CT molecular complexity index is 1480. The molecule has 4 fully saturated rings. The van der Waals surface area contributed by atoms with Crippen LogP contribution in [0.2, 0.25) is 0 Å². The van der Waals surface area contributed by atoms with E-state index >= 15 is 0 Å². The van der Waals surface area contributed by atoms with Gasteiger partial charge >= 0.3 is 37.7 Å². The monoisotopic (exact) mass is 738 g/mol. The minimum Gasteiger partial charge on any atom is -0.548 e. The number of carbonyl (C=O) groups is 6. The van der Waals surface area contributed by atoms with Gasteiger partial charge in [0.2, 0.25) is 11.8 Å². The van der Waals surface area contributed by atoms with E-state index < -0.39 is 80.0 Å². The van der Waals surface area contributed by atoms with E-state index in [1.54, 1.807) is 76.2 Å². The molecular weight excluding hydrogens is 705 g/mol. The maximum atomic E-state index is 12.2. The first-order chi connectivity index (χ1) is 22.6. The van der Waals surface area contributed by atoms with Crippen molar-refractivity contribution in [3.63, 3.8) is 0 Å². The van der Waals surface area contributed by atoms with Crippen molar-refractivity contribution >= 4 is 96.8 Å². The van der Waals surface area contributed by atoms with Gasteiger partial charge in [0.1, 0.15) is 34.3 Å². The largest absolute Gasteiger partial charge is 2.00 e. The zero-order valence-corrected chi connectivity index (χ0v) is 31.0. The van der Waals surface area contributed by atoms with Crippen LogP contribution in [0.1, 0.15) is 27.7 Å². The number of aliphatic carboxylic acids is 2. The topological polar surface area (TPSA) is 198 Å². The molecule has 3 unspecified atom stereocenters. The number of β-lactam (4-membered cyclic amide) rings is 2. The minimum absolute atomic E-state index is 0. The molecule has 0 aromatic heterocycles. The van der Waals surface area contributed by atoms with Crippen molar-refractivity contribution in [1.29, 1.82) is 0 Å². The summed E-state index contributed by atoms with van der Waals surface area (Å²) in [5.41, 5.74) is 0. The summed E-state index contributed by atoms with van der Waals surface area (Å²) >= 11 is 2.70. The van der Waals surface area contributed by atoms with Crippen molar-refractivity contribution in [3.8, 4) is 11.5 Å². The van der Waals surface area contributed by atoms with E-state index in [1.807, 2.05) is 12.1 Å². The summed E-state index contributed by atoms with van der Waals surface area (Å²) in [4.78, 5) is 73.6. The Morgan fingerprint density at radius 3 is 1.31 bits per heavy atom. The Morgan fingerprint density at radius 1 is 0.673 bits per heavy atom. The molecule has 4 heterocycles. The van der Waals surface area contributed by atoms with Gasteiger partial charge in [0.15, 0.2) is 13.2 Å². The molecule has 2 aromatic rings. The summed E-state index contributed by atoms with van der Waals surface area (Å²) in [6.45, 7) is 6.58. The molecule has 0 aliphatic carbocycles. The summed E-state index contributed by atoms with van der Waals surface area (Å²) in [6, 6.07) is 14.3. The van der Waals surface area contributed by atoms with E-state index in [1.165, 1.54) is 33.3 Å². The van der Waals surface area contributed by atoms with Gasteiger partial charge in [-0.2, -0.15) is 0 Å². The number of carboxylic acids is 2. The molecule has 49 heavy (non-hydrogen) atoms. The average molecular weight is 739 g/mol. The third kappa shape index (κ3) is 8.08. The molecule has 0 bridgehead atoms. The van der Waals surface area contributed by atoms with Crippen LogP contribution >= 0.6 is 23.5 Å². The van der Waals surface area contributed by atoms with Crippen LogP contribution in [0.5, 0.6) is 11.5 Å². The molecule has 2 aromatic carbocycles. The number of nitrogens with zero attached hydrogens (tertiary/aromatic N) is 2. The van der Waals surface area contributed by atoms with E-state index in [0.29, 0.717) is 11.5 Å². The molecular formula is C32H34CaN4O10S2. The average Bonchev–Trinajstić information content (AvgIpc) is 3.46. The zero-order chi connectivity index (χ0) is 35.0. The fraction of sp³-hybridized carbons (Fsp3) is 0.438. The Hall–Kier alpha value is -3.18. The Kier molecular flexibility index (Phi) is 12.1. The van der Waals surface area contributed by atoms with Gasteiger partial charge in [0.25, 0.3) is 11.8 Å². The summed E-state index contributed by atoms with van der Waals surface area (Å²) in [5.74, 6) is -3.09. The molecule has 4 aliphatic rings. The second kappa shape index (κ2) is 15.4. The molecule has 6 rings (SSSR count). The third-order valence-electron chi connectivity index (χ3n) is 8.19. The number of hydrogen-bond acceptors (Lipinski definition) is 12. The first-order valence-corrected chi connectivity index (χ1v) is 16.7. The van der Waals surface area contributed by atoms with E-state index in [9.17, 15) is 39.0 Å². The molecule has 2 N–H and O–H groups in total. The fourth-order valence-electron chi connectivity index (χ4n) is 6.01. The number of hydrogen-bond donors (Lipinski definition) is 2. The van der Waals surface area contributed by atoms with Gasteiger partial charge in [-0.05, 0) is 52.0 Å². The van der Waals surface area contributed by atoms with Crippen molar-refractivity contribution in [1.82, 2.24) is 20.4 Å². The Labute approximate surface area is 321 Å². The van der Waals surface area contributed by atoms with Crippen LogP contribution in [-0.4, -0.2) is 141 Å². The van der Waals surface area contributed by atoms with Crippen molar-refractivity contribution in [3.05, 3.63) is 60.7 Å². The van der Waals surface area contributed by atoms with Crippen LogP contribution in [-0.2, 0) is 28.8 Å². The Balaban J connectivity index is 0.000000216. The number of thioether (sulfide) groups is 2. The summed E-state index contributed by atoms with van der Waals surface area (Å²) in [7, 11) is 0. The van der Waals surface area contributed by atoms with E-state index in [0.717, 1.165) is 0 Å². The zero-order valence-electron chi connectivity index (χ0n) is 27.2. The number of para-hydroxylation sites is 2. The summed E-state index contributed by atoms with van der Waals surface area (Å²) in [5, 5.41) is 27.1. The smallest absolute Gasteiger partial charge is 0.548 e. The van der Waals surface area contributed by atoms with Crippen molar-refractivity contribution in [2.75, 3.05) is 13.2 Å². The molecule has 4 aliphatic heterocycles. The predicted molar refractivity (Wildman–Crippen MR) is 176 cm³/mol. The van der Waals surface area contributed by atoms with Crippen LogP contribution in [0.25, 0.3) is 0 Å². The quantitative estimate of drug-likeness (QED) is 0.208. The van der Waals surface area contributed by atoms with Gasteiger partial charge in [-0.25, -0.2) is 0 Å². The fourth-order valence-corrected chi connectivity index (χ4v) is 9.26. The van der Waals surface area contributed by atoms with Crippen LogP contribution in [0, 0.1) is 0 Å². The van der Waals surface area contributed by atoms with Crippen LogP contribution in [0.3, 0.4) is 0 Å². The van der Waals surface area contributed by atoms with Gasteiger partial charge in [0, 0.05) is 9.49 Å². The maximum absolute atomic E-state index is 12.2. The number of carboxylic acid groups (broad SMARTS) is 2. The van der Waals surface area contributed by atoms with Crippen LogP contribution < -0.4 is 30.3 Å². The number of nitrogens with one attached hydrogen (secondary N) is 2. The first kappa shape index (κ1) is 38.6. The van der Waals surface area contributed by atoms with Crippen LogP contribution in [0.15, 0.2) is 60.7 Å². The molecule has 6 atom stereocenters.